The number of nitrogens with one attached hydrogen (secondary N) is 1. The minimum Gasteiger partial charge on any atom is -0.369 e. The van der Waals surface area contributed by atoms with Gasteiger partial charge in [-0.05, 0) is 36.7 Å². The van der Waals surface area contributed by atoms with Crippen molar-refractivity contribution in [2.45, 2.75) is 27.3 Å². The Hall–Kier alpha value is -0.770. The third kappa shape index (κ3) is 4.87. The predicted molar refractivity (Wildman–Crippen MR) is 92.3 cm³/mol. The van der Waals surface area contributed by atoms with Crippen LogP contribution in [-0.4, -0.2) is 44.2 Å². The molecule has 1 aromatic rings. The third-order valence-corrected chi connectivity index (χ3v) is 4.31. The Morgan fingerprint density at radius 1 is 1.19 bits per heavy atom. The van der Waals surface area contributed by atoms with Crippen molar-refractivity contribution >= 4 is 17.3 Å². The maximum absolute atomic E-state index is 6.22. The standard InChI is InChI=1S/C17H28ClN3/c1-4-20-7-9-21(10-8-20)17-11-16(18)6-5-15(17)13-19-12-14(2)3/h5-6,11,14,19H,4,7-10,12-13H2,1-3H3. The summed E-state index contributed by atoms with van der Waals surface area (Å²) in [4.78, 5) is 4.97. The van der Waals surface area contributed by atoms with Gasteiger partial charge in [0.1, 0.15) is 0 Å². The second-order valence-corrected chi connectivity index (χ2v) is 6.66. The lowest BCUT2D eigenvalue weighted by molar-refractivity contribution is 0.271. The fourth-order valence-electron chi connectivity index (χ4n) is 2.78. The van der Waals surface area contributed by atoms with Crippen LogP contribution in [0.4, 0.5) is 5.69 Å². The summed E-state index contributed by atoms with van der Waals surface area (Å²) in [6.07, 6.45) is 0. The molecule has 1 aliphatic heterocycles. The zero-order valence-corrected chi connectivity index (χ0v) is 14.3. The average Bonchev–Trinajstić information content (AvgIpc) is 2.48. The van der Waals surface area contributed by atoms with E-state index in [9.17, 15) is 0 Å². The van der Waals surface area contributed by atoms with Crippen LogP contribution in [-0.2, 0) is 6.54 Å². The van der Waals surface area contributed by atoms with E-state index in [0.29, 0.717) is 5.92 Å². The number of nitrogens with zero attached hydrogens (tertiary/aromatic N) is 2. The van der Waals surface area contributed by atoms with Crippen LogP contribution >= 0.6 is 11.6 Å². The molecule has 1 heterocycles. The lowest BCUT2D eigenvalue weighted by atomic mass is 10.1. The van der Waals surface area contributed by atoms with Crippen LogP contribution in [0.2, 0.25) is 5.02 Å². The topological polar surface area (TPSA) is 18.5 Å². The van der Waals surface area contributed by atoms with E-state index in [1.807, 2.05) is 6.07 Å². The summed E-state index contributed by atoms with van der Waals surface area (Å²) in [5.41, 5.74) is 2.65. The summed E-state index contributed by atoms with van der Waals surface area (Å²) >= 11 is 6.22. The first kappa shape index (κ1) is 16.6. The fraction of sp³-hybridized carbons (Fsp3) is 0.647. The lowest BCUT2D eigenvalue weighted by Gasteiger charge is -2.36. The number of anilines is 1. The molecule has 0 spiro atoms. The van der Waals surface area contributed by atoms with Crippen molar-refractivity contribution in [3.63, 3.8) is 0 Å². The highest BCUT2D eigenvalue weighted by Gasteiger charge is 2.18. The zero-order chi connectivity index (χ0) is 15.2. The van der Waals surface area contributed by atoms with Crippen molar-refractivity contribution in [1.29, 1.82) is 0 Å². The van der Waals surface area contributed by atoms with Crippen LogP contribution in [0.25, 0.3) is 0 Å². The molecule has 1 aromatic carbocycles. The summed E-state index contributed by atoms with van der Waals surface area (Å²) in [6, 6.07) is 6.28. The SMILES string of the molecule is CCN1CCN(c2cc(Cl)ccc2CNCC(C)C)CC1. The summed E-state index contributed by atoms with van der Waals surface area (Å²) < 4.78 is 0. The Morgan fingerprint density at radius 3 is 2.52 bits per heavy atom. The van der Waals surface area contributed by atoms with Gasteiger partial charge in [0.15, 0.2) is 0 Å². The van der Waals surface area contributed by atoms with Crippen LogP contribution in [0.15, 0.2) is 18.2 Å². The molecule has 4 heteroatoms. The molecule has 118 valence electrons. The molecule has 1 N–H and O–H groups in total. The Bertz CT molecular complexity index is 440. The molecule has 1 fully saturated rings. The molecular formula is C17H28ClN3. The molecule has 0 atom stereocenters. The van der Waals surface area contributed by atoms with E-state index in [-0.39, 0.29) is 0 Å². The molecule has 0 aromatic heterocycles. The largest absolute Gasteiger partial charge is 0.369 e. The molecule has 0 radical (unpaired) electrons. The van der Waals surface area contributed by atoms with Crippen molar-refractivity contribution in [1.82, 2.24) is 10.2 Å². The van der Waals surface area contributed by atoms with Gasteiger partial charge >= 0.3 is 0 Å². The van der Waals surface area contributed by atoms with E-state index >= 15 is 0 Å². The number of hydrogen-bond donors (Lipinski definition) is 1. The molecule has 0 saturated carbocycles. The van der Waals surface area contributed by atoms with Gasteiger partial charge in [-0.25, -0.2) is 0 Å². The Kier molecular flexibility index (Phi) is 6.34. The minimum absolute atomic E-state index is 0.675. The number of hydrogen-bond acceptors (Lipinski definition) is 3. The number of halogens is 1. The number of piperazine rings is 1. The predicted octanol–water partition coefficient (Wildman–Crippen LogP) is 3.23. The van der Waals surface area contributed by atoms with Gasteiger partial charge in [-0.3, -0.25) is 0 Å². The van der Waals surface area contributed by atoms with Crippen molar-refractivity contribution in [2.24, 2.45) is 5.92 Å². The highest BCUT2D eigenvalue weighted by Crippen LogP contribution is 2.26. The van der Waals surface area contributed by atoms with E-state index in [0.717, 1.165) is 50.8 Å². The highest BCUT2D eigenvalue weighted by atomic mass is 35.5. The van der Waals surface area contributed by atoms with E-state index in [4.69, 9.17) is 11.6 Å². The second-order valence-electron chi connectivity index (χ2n) is 6.22. The van der Waals surface area contributed by atoms with Crippen LogP contribution in [0.5, 0.6) is 0 Å². The van der Waals surface area contributed by atoms with E-state index < -0.39 is 0 Å². The number of likely N-dealkylation sites (N-methyl/N-ethyl adjacent to an activating group) is 1. The van der Waals surface area contributed by atoms with Gasteiger partial charge in [0, 0.05) is 43.4 Å². The number of rotatable bonds is 6. The third-order valence-electron chi connectivity index (χ3n) is 4.08. The molecule has 21 heavy (non-hydrogen) atoms. The first-order chi connectivity index (χ1) is 10.1. The normalized spacial score (nSPS) is 16.7. The smallest absolute Gasteiger partial charge is 0.0427 e. The van der Waals surface area contributed by atoms with Gasteiger partial charge in [-0.1, -0.05) is 38.4 Å². The van der Waals surface area contributed by atoms with Gasteiger partial charge in [-0.2, -0.15) is 0 Å². The first-order valence-electron chi connectivity index (χ1n) is 8.06. The molecular weight excluding hydrogens is 282 g/mol. The summed E-state index contributed by atoms with van der Waals surface area (Å²) in [5, 5.41) is 4.37. The Balaban J connectivity index is 2.04. The summed E-state index contributed by atoms with van der Waals surface area (Å²) in [7, 11) is 0. The average molecular weight is 310 g/mol. The van der Waals surface area contributed by atoms with Gasteiger partial charge in [0.25, 0.3) is 0 Å². The van der Waals surface area contributed by atoms with Crippen molar-refractivity contribution in [3.05, 3.63) is 28.8 Å². The Labute approximate surface area is 134 Å². The van der Waals surface area contributed by atoms with E-state index in [1.165, 1.54) is 11.3 Å². The zero-order valence-electron chi connectivity index (χ0n) is 13.5. The second kappa shape index (κ2) is 8.02. The Morgan fingerprint density at radius 2 is 1.90 bits per heavy atom. The van der Waals surface area contributed by atoms with Crippen LogP contribution in [0, 0.1) is 5.92 Å². The minimum atomic E-state index is 0.675. The first-order valence-corrected chi connectivity index (χ1v) is 8.44. The quantitative estimate of drug-likeness (QED) is 0.870. The molecule has 2 rings (SSSR count). The van der Waals surface area contributed by atoms with Crippen LogP contribution < -0.4 is 10.2 Å². The molecule has 0 amide bonds. The van der Waals surface area contributed by atoms with Gasteiger partial charge in [-0.15, -0.1) is 0 Å². The van der Waals surface area contributed by atoms with Crippen molar-refractivity contribution in [2.75, 3.05) is 44.2 Å². The van der Waals surface area contributed by atoms with Crippen molar-refractivity contribution in [3.8, 4) is 0 Å². The maximum Gasteiger partial charge on any atom is 0.0427 e. The number of benzene rings is 1. The fourth-order valence-corrected chi connectivity index (χ4v) is 2.95. The van der Waals surface area contributed by atoms with Gasteiger partial charge < -0.3 is 15.1 Å². The molecule has 3 nitrogen and oxygen atoms in total. The van der Waals surface area contributed by atoms with Crippen LogP contribution in [0.3, 0.4) is 0 Å². The molecule has 0 unspecified atom stereocenters. The van der Waals surface area contributed by atoms with E-state index in [1.54, 1.807) is 0 Å². The summed E-state index contributed by atoms with van der Waals surface area (Å²) in [6.45, 7) is 14.3. The summed E-state index contributed by atoms with van der Waals surface area (Å²) in [5.74, 6) is 0.675. The highest BCUT2D eigenvalue weighted by molar-refractivity contribution is 6.30. The molecule has 0 aliphatic carbocycles. The lowest BCUT2D eigenvalue weighted by Crippen LogP contribution is -2.46. The van der Waals surface area contributed by atoms with Gasteiger partial charge in [0.2, 0.25) is 0 Å². The maximum atomic E-state index is 6.22. The van der Waals surface area contributed by atoms with Crippen LogP contribution in [0.1, 0.15) is 26.3 Å². The van der Waals surface area contributed by atoms with Gasteiger partial charge in [0.05, 0.1) is 0 Å². The van der Waals surface area contributed by atoms with Crippen molar-refractivity contribution < 1.29 is 0 Å². The van der Waals surface area contributed by atoms with E-state index in [2.05, 4.69) is 48.0 Å². The monoisotopic (exact) mass is 309 g/mol. The molecule has 1 saturated heterocycles. The molecule has 0 bridgehead atoms. The molecule has 1 aliphatic rings.